The van der Waals surface area contributed by atoms with E-state index in [1.54, 1.807) is 24.3 Å². The highest BCUT2D eigenvalue weighted by Gasteiger charge is 2.21. The van der Waals surface area contributed by atoms with Gasteiger partial charge in [-0.3, -0.25) is 24.3 Å². The van der Waals surface area contributed by atoms with Crippen LogP contribution in [0.5, 0.6) is 0 Å². The molecule has 0 amide bonds. The highest BCUT2D eigenvalue weighted by atomic mass is 16.5. The number of rotatable bonds is 5. The predicted molar refractivity (Wildman–Crippen MR) is 114 cm³/mol. The van der Waals surface area contributed by atoms with E-state index in [9.17, 15) is 19.2 Å². The van der Waals surface area contributed by atoms with E-state index in [0.29, 0.717) is 5.56 Å². The Morgan fingerprint density at radius 1 is 1.00 bits per heavy atom. The Morgan fingerprint density at radius 2 is 1.60 bits per heavy atom. The van der Waals surface area contributed by atoms with E-state index in [-0.39, 0.29) is 22.0 Å². The lowest BCUT2D eigenvalue weighted by Crippen LogP contribution is -2.34. The van der Waals surface area contributed by atoms with Crippen molar-refractivity contribution in [1.82, 2.24) is 9.78 Å². The van der Waals surface area contributed by atoms with E-state index in [4.69, 9.17) is 4.74 Å². The first-order valence-electron chi connectivity index (χ1n) is 9.64. The third-order valence-corrected chi connectivity index (χ3v) is 4.88. The molecule has 7 heteroatoms. The molecule has 0 spiro atoms. The summed E-state index contributed by atoms with van der Waals surface area (Å²) >= 11 is 0. The number of Topliss-reactive ketones (excluding diaryl/α,β-unsaturated/α-hetero) is 1. The lowest BCUT2D eigenvalue weighted by molar-refractivity contribution is -0.147. The van der Waals surface area contributed by atoms with Gasteiger partial charge >= 0.3 is 5.97 Å². The Morgan fingerprint density at radius 3 is 2.20 bits per heavy atom. The van der Waals surface area contributed by atoms with Crippen molar-refractivity contribution in [2.45, 2.75) is 45.8 Å². The van der Waals surface area contributed by atoms with Crippen LogP contribution >= 0.6 is 0 Å². The first-order valence-corrected chi connectivity index (χ1v) is 9.64. The highest BCUT2D eigenvalue weighted by molar-refractivity contribution is 6.00. The van der Waals surface area contributed by atoms with Gasteiger partial charge in [0.15, 0.2) is 6.10 Å². The van der Waals surface area contributed by atoms with E-state index >= 15 is 0 Å². The van der Waals surface area contributed by atoms with Crippen molar-refractivity contribution in [3.8, 4) is 0 Å². The van der Waals surface area contributed by atoms with Crippen molar-refractivity contribution < 1.29 is 14.3 Å². The fraction of sp³-hybridized carbons (Fsp3) is 0.304. The largest absolute Gasteiger partial charge is 0.453 e. The Hall–Kier alpha value is -3.48. The van der Waals surface area contributed by atoms with Gasteiger partial charge in [0.2, 0.25) is 5.78 Å². The summed E-state index contributed by atoms with van der Waals surface area (Å²) in [7, 11) is 0. The molecule has 0 aliphatic heterocycles. The Bertz CT molecular complexity index is 1210. The summed E-state index contributed by atoms with van der Waals surface area (Å²) in [5.41, 5.74) is 0.479. The summed E-state index contributed by atoms with van der Waals surface area (Å²) in [6.07, 6.45) is -1.03. The molecule has 0 fully saturated rings. The number of ether oxygens (including phenoxy) is 1. The Kier molecular flexibility index (Phi) is 5.73. The number of H-pyrrole nitrogens is 1. The number of aromatic amines is 1. The maximum atomic E-state index is 12.6. The minimum atomic E-state index is -1.03. The molecule has 1 heterocycles. The summed E-state index contributed by atoms with van der Waals surface area (Å²) in [6, 6.07) is 13.5. The second-order valence-corrected chi connectivity index (χ2v) is 8.20. The van der Waals surface area contributed by atoms with Gasteiger partial charge in [0.25, 0.3) is 11.1 Å². The number of ketones is 1. The van der Waals surface area contributed by atoms with Gasteiger partial charge in [0.1, 0.15) is 6.54 Å². The smallest absolute Gasteiger partial charge is 0.328 e. The fourth-order valence-electron chi connectivity index (χ4n) is 3.14. The number of esters is 1. The standard InChI is InChI=1S/C23H24N2O5/c1-14(20(27)15-9-11-16(12-10-15)23(2,3)4)30-19(26)13-25-22(29)18-8-6-5-7-17(18)21(28)24-25/h5-12,14H,13H2,1-4H3,(H,24,28)/t14-/m0/s1. The molecule has 1 atom stereocenters. The third kappa shape index (κ3) is 4.40. The summed E-state index contributed by atoms with van der Waals surface area (Å²) < 4.78 is 6.10. The lowest BCUT2D eigenvalue weighted by Gasteiger charge is -2.19. The minimum absolute atomic E-state index is 0.0380. The number of benzene rings is 2. The van der Waals surface area contributed by atoms with Crippen LogP contribution in [-0.4, -0.2) is 27.6 Å². The van der Waals surface area contributed by atoms with Gasteiger partial charge < -0.3 is 4.74 Å². The molecule has 3 aromatic rings. The quantitative estimate of drug-likeness (QED) is 0.517. The van der Waals surface area contributed by atoms with Crippen LogP contribution < -0.4 is 11.1 Å². The van der Waals surface area contributed by atoms with Crippen LogP contribution in [-0.2, 0) is 21.5 Å². The molecular weight excluding hydrogens is 384 g/mol. The van der Waals surface area contributed by atoms with Crippen LogP contribution in [0.3, 0.4) is 0 Å². The summed E-state index contributed by atoms with van der Waals surface area (Å²) in [5, 5.41) is 2.82. The number of fused-ring (bicyclic) bond motifs is 1. The Labute approximate surface area is 173 Å². The average molecular weight is 408 g/mol. The second-order valence-electron chi connectivity index (χ2n) is 8.20. The molecule has 3 rings (SSSR count). The molecule has 2 aromatic carbocycles. The zero-order chi connectivity index (χ0) is 22.1. The normalized spacial score (nSPS) is 12.5. The van der Waals surface area contributed by atoms with E-state index in [1.807, 2.05) is 12.1 Å². The lowest BCUT2D eigenvalue weighted by atomic mass is 9.86. The SMILES string of the molecule is C[C@H](OC(=O)Cn1[nH]c(=O)c2ccccc2c1=O)C(=O)c1ccc(C(C)(C)C)cc1. The predicted octanol–water partition coefficient (Wildman–Crippen LogP) is 2.80. The van der Waals surface area contributed by atoms with Gasteiger partial charge in [-0.1, -0.05) is 57.2 Å². The van der Waals surface area contributed by atoms with Crippen molar-refractivity contribution in [2.75, 3.05) is 0 Å². The molecule has 0 saturated carbocycles. The number of hydrogen-bond acceptors (Lipinski definition) is 5. The number of nitrogens with one attached hydrogen (secondary N) is 1. The summed E-state index contributed by atoms with van der Waals surface area (Å²) in [4.78, 5) is 49.5. The molecule has 0 radical (unpaired) electrons. The van der Waals surface area contributed by atoms with Crippen LogP contribution in [0.15, 0.2) is 58.1 Å². The summed E-state index contributed by atoms with van der Waals surface area (Å²) in [5.74, 6) is -1.14. The van der Waals surface area contributed by atoms with Gasteiger partial charge in [0.05, 0.1) is 10.8 Å². The molecule has 1 aromatic heterocycles. The molecule has 0 unspecified atom stereocenters. The minimum Gasteiger partial charge on any atom is -0.453 e. The van der Waals surface area contributed by atoms with Gasteiger partial charge in [-0.2, -0.15) is 0 Å². The number of carbonyl (C=O) groups excluding carboxylic acids is 2. The molecule has 7 nitrogen and oxygen atoms in total. The molecule has 0 aliphatic rings. The van der Waals surface area contributed by atoms with Crippen molar-refractivity contribution in [3.05, 3.63) is 80.4 Å². The van der Waals surface area contributed by atoms with Gasteiger partial charge in [-0.15, -0.1) is 0 Å². The zero-order valence-corrected chi connectivity index (χ0v) is 17.4. The van der Waals surface area contributed by atoms with Gasteiger partial charge in [0, 0.05) is 5.56 Å². The molecule has 0 aliphatic carbocycles. The fourth-order valence-corrected chi connectivity index (χ4v) is 3.14. The average Bonchev–Trinajstić information content (AvgIpc) is 2.70. The number of aromatic nitrogens is 2. The van der Waals surface area contributed by atoms with E-state index in [0.717, 1.165) is 10.2 Å². The third-order valence-electron chi connectivity index (χ3n) is 4.88. The van der Waals surface area contributed by atoms with E-state index in [1.165, 1.54) is 19.1 Å². The van der Waals surface area contributed by atoms with Crippen LogP contribution in [0.1, 0.15) is 43.6 Å². The molecule has 30 heavy (non-hydrogen) atoms. The summed E-state index contributed by atoms with van der Waals surface area (Å²) in [6.45, 7) is 7.21. The van der Waals surface area contributed by atoms with Gasteiger partial charge in [-0.05, 0) is 30.0 Å². The number of carbonyl (C=O) groups is 2. The van der Waals surface area contributed by atoms with Crippen molar-refractivity contribution in [2.24, 2.45) is 0 Å². The highest BCUT2D eigenvalue weighted by Crippen LogP contribution is 2.22. The van der Waals surface area contributed by atoms with Crippen LogP contribution in [0, 0.1) is 0 Å². The Balaban J connectivity index is 1.72. The first-order chi connectivity index (χ1) is 14.1. The van der Waals surface area contributed by atoms with E-state index < -0.39 is 29.7 Å². The van der Waals surface area contributed by atoms with E-state index in [2.05, 4.69) is 25.9 Å². The molecule has 156 valence electrons. The van der Waals surface area contributed by atoms with Crippen molar-refractivity contribution in [3.63, 3.8) is 0 Å². The van der Waals surface area contributed by atoms with Crippen LogP contribution in [0.25, 0.3) is 10.8 Å². The maximum absolute atomic E-state index is 12.6. The maximum Gasteiger partial charge on any atom is 0.328 e. The topological polar surface area (TPSA) is 98.2 Å². The second kappa shape index (κ2) is 8.10. The molecule has 0 saturated heterocycles. The molecular formula is C23H24N2O5. The van der Waals surface area contributed by atoms with Crippen LogP contribution in [0.2, 0.25) is 0 Å². The molecule has 1 N–H and O–H groups in total. The number of nitrogens with zero attached hydrogens (tertiary/aromatic N) is 1. The molecule has 0 bridgehead atoms. The van der Waals surface area contributed by atoms with Crippen molar-refractivity contribution >= 4 is 22.5 Å². The monoisotopic (exact) mass is 408 g/mol. The first kappa shape index (κ1) is 21.2. The van der Waals surface area contributed by atoms with Crippen LogP contribution in [0.4, 0.5) is 0 Å². The van der Waals surface area contributed by atoms with Gasteiger partial charge in [-0.25, -0.2) is 4.68 Å². The number of hydrogen-bond donors (Lipinski definition) is 1. The van der Waals surface area contributed by atoms with Crippen molar-refractivity contribution in [1.29, 1.82) is 0 Å². The zero-order valence-electron chi connectivity index (χ0n) is 17.4.